The van der Waals surface area contributed by atoms with E-state index in [1.165, 1.54) is 17.4 Å². The van der Waals surface area contributed by atoms with E-state index in [9.17, 15) is 22.8 Å². The van der Waals surface area contributed by atoms with Crippen LogP contribution in [0.2, 0.25) is 5.02 Å². The van der Waals surface area contributed by atoms with Crippen molar-refractivity contribution in [1.82, 2.24) is 9.88 Å². The number of rotatable bonds is 4. The summed E-state index contributed by atoms with van der Waals surface area (Å²) in [6.45, 7) is 1.61. The van der Waals surface area contributed by atoms with Crippen molar-refractivity contribution in [1.29, 1.82) is 0 Å². The molecule has 11 heteroatoms. The predicted octanol–water partition coefficient (Wildman–Crippen LogP) is 5.03. The second kappa shape index (κ2) is 9.40. The second-order valence-electron chi connectivity index (χ2n) is 7.31. The van der Waals surface area contributed by atoms with E-state index in [1.54, 1.807) is 40.6 Å². The van der Waals surface area contributed by atoms with E-state index in [0.717, 1.165) is 12.3 Å². The van der Waals surface area contributed by atoms with Crippen LogP contribution in [0.1, 0.15) is 25.6 Å². The monoisotopic (exact) mass is 494 g/mol. The molecule has 0 saturated carbocycles. The van der Waals surface area contributed by atoms with Crippen molar-refractivity contribution in [3.63, 3.8) is 0 Å². The number of amides is 2. The van der Waals surface area contributed by atoms with Gasteiger partial charge in [-0.2, -0.15) is 13.2 Å². The summed E-state index contributed by atoms with van der Waals surface area (Å²) >= 11 is 7.49. The molecule has 1 N–H and O–H groups in total. The maximum absolute atomic E-state index is 13.0. The number of hydrogen-bond acceptors (Lipinski definition) is 5. The average Bonchev–Trinajstić information content (AvgIpc) is 3.35. The summed E-state index contributed by atoms with van der Waals surface area (Å²) in [5.74, 6) is -0.104. The van der Waals surface area contributed by atoms with E-state index in [-0.39, 0.29) is 11.8 Å². The highest BCUT2D eigenvalue weighted by Gasteiger charge is 2.31. The molecule has 1 fully saturated rings. The summed E-state index contributed by atoms with van der Waals surface area (Å²) in [7, 11) is 0. The summed E-state index contributed by atoms with van der Waals surface area (Å²) in [4.78, 5) is 33.2. The van der Waals surface area contributed by atoms with Gasteiger partial charge in [0, 0.05) is 37.9 Å². The number of carbonyl (C=O) groups excluding carboxylic acids is 2. The molecule has 3 heterocycles. The third-order valence-corrected chi connectivity index (χ3v) is 6.37. The zero-order chi connectivity index (χ0) is 23.6. The number of carbonyl (C=O) groups is 2. The summed E-state index contributed by atoms with van der Waals surface area (Å²) in [6, 6.07) is 10.5. The van der Waals surface area contributed by atoms with Crippen LogP contribution in [0.4, 0.5) is 24.7 Å². The SMILES string of the molecule is O=C(Nc1cc(C(=O)N2CCN(c3ccc(C(F)(F)F)cn3)CC2)ccc1Cl)c1cccs1. The zero-order valence-electron chi connectivity index (χ0n) is 17.1. The third kappa shape index (κ3) is 5.28. The molecule has 6 nitrogen and oxygen atoms in total. The fourth-order valence-electron chi connectivity index (χ4n) is 3.41. The van der Waals surface area contributed by atoms with Crippen molar-refractivity contribution in [2.45, 2.75) is 6.18 Å². The van der Waals surface area contributed by atoms with Gasteiger partial charge in [0.1, 0.15) is 5.82 Å². The smallest absolute Gasteiger partial charge is 0.353 e. The molecule has 3 aromatic rings. The predicted molar refractivity (Wildman–Crippen MR) is 121 cm³/mol. The van der Waals surface area contributed by atoms with Crippen molar-refractivity contribution >= 4 is 46.3 Å². The molecule has 1 aromatic carbocycles. The Bertz CT molecular complexity index is 1150. The van der Waals surface area contributed by atoms with Gasteiger partial charge in [-0.15, -0.1) is 11.3 Å². The van der Waals surface area contributed by atoms with Gasteiger partial charge in [0.05, 0.1) is 21.2 Å². The second-order valence-corrected chi connectivity index (χ2v) is 8.66. The molecule has 2 amide bonds. The number of alkyl halides is 3. The number of nitrogens with zero attached hydrogens (tertiary/aromatic N) is 3. The maximum atomic E-state index is 13.0. The van der Waals surface area contributed by atoms with E-state index in [1.807, 2.05) is 4.90 Å². The Morgan fingerprint density at radius 3 is 2.42 bits per heavy atom. The number of hydrogen-bond donors (Lipinski definition) is 1. The van der Waals surface area contributed by atoms with Crippen LogP contribution in [0.5, 0.6) is 0 Å². The number of aromatic nitrogens is 1. The lowest BCUT2D eigenvalue weighted by molar-refractivity contribution is -0.137. The zero-order valence-corrected chi connectivity index (χ0v) is 18.7. The molecule has 0 bridgehead atoms. The Morgan fingerprint density at radius 1 is 1.06 bits per heavy atom. The van der Waals surface area contributed by atoms with Crippen LogP contribution in [0.25, 0.3) is 0 Å². The van der Waals surface area contributed by atoms with Crippen molar-refractivity contribution in [2.75, 3.05) is 36.4 Å². The lowest BCUT2D eigenvalue weighted by atomic mass is 10.1. The van der Waals surface area contributed by atoms with Crippen molar-refractivity contribution in [3.8, 4) is 0 Å². The Hall–Kier alpha value is -3.11. The molecule has 4 rings (SSSR count). The summed E-state index contributed by atoms with van der Waals surface area (Å²) in [5, 5.41) is 4.83. The minimum Gasteiger partial charge on any atom is -0.353 e. The highest BCUT2D eigenvalue weighted by Crippen LogP contribution is 2.30. The van der Waals surface area contributed by atoms with Gasteiger partial charge in [-0.25, -0.2) is 4.98 Å². The summed E-state index contributed by atoms with van der Waals surface area (Å²) < 4.78 is 38.2. The van der Waals surface area contributed by atoms with E-state index < -0.39 is 11.7 Å². The van der Waals surface area contributed by atoms with E-state index >= 15 is 0 Å². The van der Waals surface area contributed by atoms with Gasteiger partial charge < -0.3 is 15.1 Å². The van der Waals surface area contributed by atoms with Crippen LogP contribution in [0, 0.1) is 0 Å². The van der Waals surface area contributed by atoms with Crippen LogP contribution >= 0.6 is 22.9 Å². The van der Waals surface area contributed by atoms with Crippen LogP contribution in [0.15, 0.2) is 54.0 Å². The fourth-order valence-corrected chi connectivity index (χ4v) is 4.19. The van der Waals surface area contributed by atoms with E-state index in [0.29, 0.717) is 53.1 Å². The minimum atomic E-state index is -4.43. The molecule has 0 aliphatic carbocycles. The summed E-state index contributed by atoms with van der Waals surface area (Å²) in [5.41, 5.74) is -0.0831. The number of halogens is 4. The van der Waals surface area contributed by atoms with Crippen LogP contribution in [-0.2, 0) is 6.18 Å². The molecular weight excluding hydrogens is 477 g/mol. The quantitative estimate of drug-likeness (QED) is 0.552. The number of benzene rings is 1. The highest BCUT2D eigenvalue weighted by atomic mass is 35.5. The molecule has 33 heavy (non-hydrogen) atoms. The highest BCUT2D eigenvalue weighted by molar-refractivity contribution is 7.12. The third-order valence-electron chi connectivity index (χ3n) is 5.17. The van der Waals surface area contributed by atoms with Crippen LogP contribution in [0.3, 0.4) is 0 Å². The first-order chi connectivity index (χ1) is 15.7. The lowest BCUT2D eigenvalue weighted by Gasteiger charge is -2.35. The molecule has 172 valence electrons. The number of piperazine rings is 1. The molecule has 2 aromatic heterocycles. The number of anilines is 2. The maximum Gasteiger partial charge on any atom is 0.417 e. The van der Waals surface area contributed by atoms with Gasteiger partial charge in [0.25, 0.3) is 11.8 Å². The van der Waals surface area contributed by atoms with Gasteiger partial charge in [0.15, 0.2) is 0 Å². The first-order valence-electron chi connectivity index (χ1n) is 9.94. The number of thiophene rings is 1. The number of pyridine rings is 1. The van der Waals surface area contributed by atoms with E-state index in [2.05, 4.69) is 10.3 Å². The lowest BCUT2D eigenvalue weighted by Crippen LogP contribution is -2.49. The van der Waals surface area contributed by atoms with Crippen molar-refractivity contribution < 1.29 is 22.8 Å². The van der Waals surface area contributed by atoms with Crippen LogP contribution < -0.4 is 10.2 Å². The van der Waals surface area contributed by atoms with Gasteiger partial charge in [-0.3, -0.25) is 9.59 Å². The topological polar surface area (TPSA) is 65.5 Å². The molecule has 0 atom stereocenters. The van der Waals surface area contributed by atoms with Crippen molar-refractivity contribution in [2.24, 2.45) is 0 Å². The summed E-state index contributed by atoms with van der Waals surface area (Å²) in [6.07, 6.45) is -3.62. The fraction of sp³-hybridized carbons (Fsp3) is 0.227. The largest absolute Gasteiger partial charge is 0.417 e. The Kier molecular flexibility index (Phi) is 6.57. The first kappa shape index (κ1) is 23.1. The molecule has 0 radical (unpaired) electrons. The van der Waals surface area contributed by atoms with Gasteiger partial charge in [-0.1, -0.05) is 17.7 Å². The van der Waals surface area contributed by atoms with Crippen molar-refractivity contribution in [3.05, 3.63) is 75.1 Å². The standard InChI is InChI=1S/C22H18ClF3N4O2S/c23-16-5-3-14(12-17(16)28-20(31)18-2-1-11-33-18)21(32)30-9-7-29(8-10-30)19-6-4-15(13-27-19)22(24,25)26/h1-6,11-13H,7-10H2,(H,28,31). The molecule has 1 aliphatic heterocycles. The minimum absolute atomic E-state index is 0.224. The molecular formula is C22H18ClF3N4O2S. The normalized spacial score (nSPS) is 14.3. The Balaban J connectivity index is 1.40. The van der Waals surface area contributed by atoms with E-state index in [4.69, 9.17) is 11.6 Å². The Labute approximate surface area is 196 Å². The molecule has 1 aliphatic rings. The van der Waals surface area contributed by atoms with Gasteiger partial charge in [-0.05, 0) is 41.8 Å². The molecule has 1 saturated heterocycles. The Morgan fingerprint density at radius 2 is 1.82 bits per heavy atom. The average molecular weight is 495 g/mol. The molecule has 0 spiro atoms. The number of nitrogens with one attached hydrogen (secondary N) is 1. The first-order valence-corrected chi connectivity index (χ1v) is 11.2. The van der Waals surface area contributed by atoms with Gasteiger partial charge in [0.2, 0.25) is 0 Å². The molecule has 0 unspecified atom stereocenters. The van der Waals surface area contributed by atoms with Crippen LogP contribution in [-0.4, -0.2) is 47.9 Å². The van der Waals surface area contributed by atoms with Gasteiger partial charge >= 0.3 is 6.18 Å².